The molecule has 5 nitrogen and oxygen atoms in total. The van der Waals surface area contributed by atoms with Gasteiger partial charge in [-0.15, -0.1) is 11.8 Å². The third-order valence-corrected chi connectivity index (χ3v) is 4.98. The summed E-state index contributed by atoms with van der Waals surface area (Å²) in [5.74, 6) is 1.09. The highest BCUT2D eigenvalue weighted by Gasteiger charge is 2.11. The molecule has 0 atom stereocenters. The predicted molar refractivity (Wildman–Crippen MR) is 118 cm³/mol. The minimum absolute atomic E-state index is 0.125. The summed E-state index contributed by atoms with van der Waals surface area (Å²) in [4.78, 5) is 24.4. The molecule has 3 aromatic rings. The molecule has 0 aromatic heterocycles. The minimum Gasteiger partial charge on any atom is -0.455 e. The van der Waals surface area contributed by atoms with E-state index in [1.807, 2.05) is 42.5 Å². The summed E-state index contributed by atoms with van der Waals surface area (Å²) in [6.07, 6.45) is 0. The molecule has 0 aliphatic carbocycles. The van der Waals surface area contributed by atoms with E-state index in [0.717, 1.165) is 4.90 Å². The van der Waals surface area contributed by atoms with Crippen LogP contribution in [0.1, 0.15) is 6.92 Å². The standard InChI is InChI=1S/C22H19ClN2O3S/c1-15(26)24-17-8-10-19(11-9-17)29-14-22(27)25-20-13-16(23)7-12-21(20)28-18-5-3-2-4-6-18/h2-13H,14H2,1H3,(H,24,26)(H,25,27). The van der Waals surface area contributed by atoms with Gasteiger partial charge in [-0.2, -0.15) is 0 Å². The molecule has 3 aromatic carbocycles. The van der Waals surface area contributed by atoms with E-state index < -0.39 is 0 Å². The first kappa shape index (κ1) is 20.8. The third kappa shape index (κ3) is 6.55. The second-order valence-electron chi connectivity index (χ2n) is 6.10. The summed E-state index contributed by atoms with van der Waals surface area (Å²) in [7, 11) is 0. The Kier molecular flexibility index (Phi) is 7.16. The van der Waals surface area contributed by atoms with Crippen molar-refractivity contribution in [2.75, 3.05) is 16.4 Å². The fraction of sp³-hybridized carbons (Fsp3) is 0.0909. The van der Waals surface area contributed by atoms with Crippen molar-refractivity contribution in [3.05, 3.63) is 77.8 Å². The minimum atomic E-state index is -0.180. The molecule has 2 amide bonds. The number of anilines is 2. The SMILES string of the molecule is CC(=O)Nc1ccc(SCC(=O)Nc2cc(Cl)ccc2Oc2ccccc2)cc1. The first-order valence-corrected chi connectivity index (χ1v) is 10.2. The van der Waals surface area contributed by atoms with Gasteiger partial charge in [0, 0.05) is 22.5 Å². The largest absolute Gasteiger partial charge is 0.455 e. The fourth-order valence-electron chi connectivity index (χ4n) is 2.48. The normalized spacial score (nSPS) is 10.3. The molecule has 0 unspecified atom stereocenters. The number of benzene rings is 3. The van der Waals surface area contributed by atoms with Gasteiger partial charge in [-0.1, -0.05) is 29.8 Å². The Bertz CT molecular complexity index is 995. The first-order valence-electron chi connectivity index (χ1n) is 8.82. The highest BCUT2D eigenvalue weighted by molar-refractivity contribution is 8.00. The van der Waals surface area contributed by atoms with Crippen molar-refractivity contribution >= 4 is 46.6 Å². The summed E-state index contributed by atoms with van der Waals surface area (Å²) in [6, 6.07) is 21.7. The average molecular weight is 427 g/mol. The molecule has 0 spiro atoms. The Morgan fingerprint density at radius 1 is 0.966 bits per heavy atom. The number of carbonyl (C=O) groups is 2. The van der Waals surface area contributed by atoms with Crippen LogP contribution in [-0.4, -0.2) is 17.6 Å². The maximum atomic E-state index is 12.4. The van der Waals surface area contributed by atoms with Crippen molar-refractivity contribution in [2.45, 2.75) is 11.8 Å². The first-order chi connectivity index (χ1) is 14.0. The number of rotatable bonds is 7. The molecule has 29 heavy (non-hydrogen) atoms. The van der Waals surface area contributed by atoms with Gasteiger partial charge in [0.25, 0.3) is 0 Å². The van der Waals surface area contributed by atoms with Gasteiger partial charge >= 0.3 is 0 Å². The van der Waals surface area contributed by atoms with E-state index in [1.165, 1.54) is 18.7 Å². The monoisotopic (exact) mass is 426 g/mol. The zero-order valence-corrected chi connectivity index (χ0v) is 17.2. The van der Waals surface area contributed by atoms with Gasteiger partial charge in [-0.05, 0) is 54.6 Å². The van der Waals surface area contributed by atoms with Crippen molar-refractivity contribution < 1.29 is 14.3 Å². The number of halogens is 1. The summed E-state index contributed by atoms with van der Waals surface area (Å²) in [5, 5.41) is 6.06. The smallest absolute Gasteiger partial charge is 0.234 e. The van der Waals surface area contributed by atoms with Crippen molar-refractivity contribution in [2.24, 2.45) is 0 Å². The van der Waals surface area contributed by atoms with Crippen LogP contribution in [-0.2, 0) is 9.59 Å². The Labute approximate surface area is 178 Å². The average Bonchev–Trinajstić information content (AvgIpc) is 2.70. The molecular weight excluding hydrogens is 408 g/mol. The molecular formula is C22H19ClN2O3S. The Hall–Kier alpha value is -2.96. The Morgan fingerprint density at radius 2 is 1.69 bits per heavy atom. The number of carbonyl (C=O) groups excluding carboxylic acids is 2. The second-order valence-corrected chi connectivity index (χ2v) is 7.58. The highest BCUT2D eigenvalue weighted by atomic mass is 35.5. The summed E-state index contributed by atoms with van der Waals surface area (Å²) in [6.45, 7) is 1.46. The van der Waals surface area contributed by atoms with Crippen molar-refractivity contribution in [3.8, 4) is 11.5 Å². The van der Waals surface area contributed by atoms with Gasteiger partial charge < -0.3 is 15.4 Å². The molecule has 3 rings (SSSR count). The van der Waals surface area contributed by atoms with Crippen LogP contribution in [0, 0.1) is 0 Å². The van der Waals surface area contributed by atoms with Crippen LogP contribution in [0.15, 0.2) is 77.7 Å². The number of para-hydroxylation sites is 1. The quantitative estimate of drug-likeness (QED) is 0.467. The van der Waals surface area contributed by atoms with Gasteiger partial charge in [0.15, 0.2) is 5.75 Å². The van der Waals surface area contributed by atoms with Gasteiger partial charge in [-0.25, -0.2) is 0 Å². The molecule has 0 heterocycles. The predicted octanol–water partition coefficient (Wildman–Crippen LogP) is 5.82. The summed E-state index contributed by atoms with van der Waals surface area (Å²) < 4.78 is 5.86. The van der Waals surface area contributed by atoms with Crippen molar-refractivity contribution in [3.63, 3.8) is 0 Å². The van der Waals surface area contributed by atoms with Crippen LogP contribution in [0.5, 0.6) is 11.5 Å². The van der Waals surface area contributed by atoms with Crippen LogP contribution in [0.25, 0.3) is 0 Å². The van der Waals surface area contributed by atoms with Crippen LogP contribution in [0.3, 0.4) is 0 Å². The van der Waals surface area contributed by atoms with E-state index in [2.05, 4.69) is 10.6 Å². The zero-order chi connectivity index (χ0) is 20.6. The third-order valence-electron chi connectivity index (χ3n) is 3.73. The van der Waals surface area contributed by atoms with Crippen LogP contribution in [0.2, 0.25) is 5.02 Å². The number of ether oxygens (including phenoxy) is 1. The Morgan fingerprint density at radius 3 is 2.38 bits per heavy atom. The van der Waals surface area contributed by atoms with E-state index in [0.29, 0.717) is 27.9 Å². The molecule has 0 aliphatic rings. The molecule has 2 N–H and O–H groups in total. The van der Waals surface area contributed by atoms with Gasteiger partial charge in [0.2, 0.25) is 11.8 Å². The van der Waals surface area contributed by atoms with Crippen LogP contribution < -0.4 is 15.4 Å². The molecule has 0 radical (unpaired) electrons. The molecule has 0 saturated heterocycles. The molecule has 0 fully saturated rings. The maximum absolute atomic E-state index is 12.4. The van der Waals surface area contributed by atoms with E-state index in [9.17, 15) is 9.59 Å². The molecule has 148 valence electrons. The van der Waals surface area contributed by atoms with Gasteiger partial charge in [0.1, 0.15) is 5.75 Å². The van der Waals surface area contributed by atoms with E-state index in [1.54, 1.807) is 30.3 Å². The lowest BCUT2D eigenvalue weighted by Crippen LogP contribution is -2.14. The molecule has 0 bridgehead atoms. The molecule has 0 saturated carbocycles. The number of thioether (sulfide) groups is 1. The van der Waals surface area contributed by atoms with Gasteiger partial charge in [-0.3, -0.25) is 9.59 Å². The highest BCUT2D eigenvalue weighted by Crippen LogP contribution is 2.32. The summed E-state index contributed by atoms with van der Waals surface area (Å²) >= 11 is 7.48. The van der Waals surface area contributed by atoms with Crippen molar-refractivity contribution in [1.82, 2.24) is 0 Å². The fourth-order valence-corrected chi connectivity index (χ4v) is 3.35. The number of nitrogens with one attached hydrogen (secondary N) is 2. The molecule has 7 heteroatoms. The van der Waals surface area contributed by atoms with E-state index >= 15 is 0 Å². The second kappa shape index (κ2) is 10.0. The lowest BCUT2D eigenvalue weighted by Gasteiger charge is -2.13. The number of amides is 2. The number of hydrogen-bond donors (Lipinski definition) is 2. The lowest BCUT2D eigenvalue weighted by molar-refractivity contribution is -0.114. The van der Waals surface area contributed by atoms with E-state index in [-0.39, 0.29) is 17.6 Å². The van der Waals surface area contributed by atoms with Crippen LogP contribution in [0.4, 0.5) is 11.4 Å². The lowest BCUT2D eigenvalue weighted by atomic mass is 10.3. The maximum Gasteiger partial charge on any atom is 0.234 e. The topological polar surface area (TPSA) is 67.4 Å². The zero-order valence-electron chi connectivity index (χ0n) is 15.6. The van der Waals surface area contributed by atoms with E-state index in [4.69, 9.17) is 16.3 Å². The van der Waals surface area contributed by atoms with Crippen molar-refractivity contribution in [1.29, 1.82) is 0 Å². The summed E-state index contributed by atoms with van der Waals surface area (Å²) in [5.41, 5.74) is 1.22. The Balaban J connectivity index is 1.61. The number of hydrogen-bond acceptors (Lipinski definition) is 4. The van der Waals surface area contributed by atoms with Gasteiger partial charge in [0.05, 0.1) is 11.4 Å². The molecule has 0 aliphatic heterocycles. The van der Waals surface area contributed by atoms with Crippen LogP contribution >= 0.6 is 23.4 Å².